The van der Waals surface area contributed by atoms with Crippen molar-refractivity contribution in [2.24, 2.45) is 11.1 Å². The molecule has 0 bridgehead atoms. The molecule has 0 spiro atoms. The minimum atomic E-state index is -1.26. The number of carbonyl (C=O) groups is 2. The second-order valence-corrected chi connectivity index (χ2v) is 3.22. The third-order valence-corrected chi connectivity index (χ3v) is 2.59. The van der Waals surface area contributed by atoms with Crippen molar-refractivity contribution in [1.82, 2.24) is 0 Å². The lowest BCUT2D eigenvalue weighted by Crippen LogP contribution is -2.43. The summed E-state index contributed by atoms with van der Waals surface area (Å²) in [5.74, 6) is -1.23. The molecule has 1 amide bonds. The van der Waals surface area contributed by atoms with Crippen LogP contribution in [0, 0.1) is 5.41 Å². The number of hydrogen-bond acceptors (Lipinski definition) is 3. The normalized spacial score (nSPS) is 27.3. The molecule has 0 aromatic rings. The summed E-state index contributed by atoms with van der Waals surface area (Å²) in [7, 11) is 1.25. The summed E-state index contributed by atoms with van der Waals surface area (Å²) in [6.45, 7) is 3.70. The van der Waals surface area contributed by atoms with Gasteiger partial charge in [0.1, 0.15) is 0 Å². The van der Waals surface area contributed by atoms with Gasteiger partial charge < -0.3 is 10.5 Å². The van der Waals surface area contributed by atoms with Gasteiger partial charge in [0.2, 0.25) is 5.91 Å². The molecule has 0 aromatic carbocycles. The Morgan fingerprint density at radius 2 is 2.23 bits per heavy atom. The van der Waals surface area contributed by atoms with Crippen LogP contribution in [-0.2, 0) is 14.3 Å². The van der Waals surface area contributed by atoms with E-state index < -0.39 is 17.3 Å². The van der Waals surface area contributed by atoms with Crippen molar-refractivity contribution < 1.29 is 14.3 Å². The maximum absolute atomic E-state index is 11.4. The molecular weight excluding hydrogens is 170 g/mol. The molecule has 1 fully saturated rings. The minimum Gasteiger partial charge on any atom is -0.468 e. The first kappa shape index (κ1) is 9.77. The maximum atomic E-state index is 11.4. The summed E-state index contributed by atoms with van der Waals surface area (Å²) >= 11 is 0. The molecule has 13 heavy (non-hydrogen) atoms. The van der Waals surface area contributed by atoms with Gasteiger partial charge >= 0.3 is 5.97 Å². The number of ether oxygens (including phenoxy) is 1. The number of rotatable bonds is 2. The monoisotopic (exact) mass is 183 g/mol. The zero-order chi connectivity index (χ0) is 10.1. The van der Waals surface area contributed by atoms with E-state index in [1.165, 1.54) is 7.11 Å². The van der Waals surface area contributed by atoms with Crippen LogP contribution in [0.5, 0.6) is 0 Å². The Morgan fingerprint density at radius 3 is 2.54 bits per heavy atom. The van der Waals surface area contributed by atoms with Gasteiger partial charge in [0.05, 0.1) is 7.11 Å². The molecule has 4 heteroatoms. The fraction of sp³-hybridized carbons (Fsp3) is 0.556. The van der Waals surface area contributed by atoms with Crippen LogP contribution >= 0.6 is 0 Å². The van der Waals surface area contributed by atoms with Crippen LogP contribution in [0.1, 0.15) is 19.3 Å². The summed E-state index contributed by atoms with van der Waals surface area (Å²) in [4.78, 5) is 22.6. The minimum absolute atomic E-state index is 0.424. The average Bonchev–Trinajstić information content (AvgIpc) is 2.47. The average molecular weight is 183 g/mol. The van der Waals surface area contributed by atoms with Crippen LogP contribution in [0.2, 0.25) is 0 Å². The summed E-state index contributed by atoms with van der Waals surface area (Å²) in [6, 6.07) is 0. The van der Waals surface area contributed by atoms with Crippen LogP contribution in [0.3, 0.4) is 0 Å². The SMILES string of the molecule is C=C1CCC[C@]1(C(N)=O)C(=O)OC. The molecule has 1 atom stereocenters. The van der Waals surface area contributed by atoms with Gasteiger partial charge in [-0.2, -0.15) is 0 Å². The van der Waals surface area contributed by atoms with Crippen LogP contribution in [0.15, 0.2) is 12.2 Å². The highest BCUT2D eigenvalue weighted by molar-refractivity contribution is 6.05. The highest BCUT2D eigenvalue weighted by Crippen LogP contribution is 2.42. The van der Waals surface area contributed by atoms with E-state index in [4.69, 9.17) is 5.73 Å². The van der Waals surface area contributed by atoms with Gasteiger partial charge in [-0.1, -0.05) is 12.2 Å². The molecule has 0 radical (unpaired) electrons. The van der Waals surface area contributed by atoms with Crippen molar-refractivity contribution in [3.63, 3.8) is 0 Å². The molecule has 1 aliphatic carbocycles. The van der Waals surface area contributed by atoms with Gasteiger partial charge in [0.25, 0.3) is 0 Å². The standard InChI is InChI=1S/C9H13NO3/c1-6-4-3-5-9(6,7(10)11)8(12)13-2/h1,3-5H2,2H3,(H2,10,11)/t9-/m0/s1. The largest absolute Gasteiger partial charge is 0.468 e. The van der Waals surface area contributed by atoms with Gasteiger partial charge in [0.15, 0.2) is 5.41 Å². The van der Waals surface area contributed by atoms with Gasteiger partial charge in [-0.15, -0.1) is 0 Å². The third kappa shape index (κ3) is 1.22. The molecule has 1 rings (SSSR count). The Morgan fingerprint density at radius 1 is 1.62 bits per heavy atom. The van der Waals surface area contributed by atoms with Gasteiger partial charge in [-0.25, -0.2) is 0 Å². The molecule has 0 aromatic heterocycles. The van der Waals surface area contributed by atoms with E-state index in [0.717, 1.165) is 6.42 Å². The van der Waals surface area contributed by atoms with Crippen molar-refractivity contribution in [3.05, 3.63) is 12.2 Å². The molecule has 0 unspecified atom stereocenters. The maximum Gasteiger partial charge on any atom is 0.325 e. The van der Waals surface area contributed by atoms with Crippen LogP contribution < -0.4 is 5.73 Å². The second-order valence-electron chi connectivity index (χ2n) is 3.22. The quantitative estimate of drug-likeness (QED) is 0.382. The number of amides is 1. The lowest BCUT2D eigenvalue weighted by Gasteiger charge is -2.23. The van der Waals surface area contributed by atoms with Crippen molar-refractivity contribution in [2.45, 2.75) is 19.3 Å². The predicted molar refractivity (Wildman–Crippen MR) is 46.6 cm³/mol. The third-order valence-electron chi connectivity index (χ3n) is 2.59. The first-order valence-corrected chi connectivity index (χ1v) is 4.12. The lowest BCUT2D eigenvalue weighted by atomic mass is 9.82. The second kappa shape index (κ2) is 3.20. The zero-order valence-corrected chi connectivity index (χ0v) is 7.63. The van der Waals surface area contributed by atoms with Crippen molar-refractivity contribution in [3.8, 4) is 0 Å². The molecule has 72 valence electrons. The van der Waals surface area contributed by atoms with E-state index in [-0.39, 0.29) is 0 Å². The lowest BCUT2D eigenvalue weighted by molar-refractivity contribution is -0.154. The van der Waals surface area contributed by atoms with Crippen LogP contribution in [0.25, 0.3) is 0 Å². The zero-order valence-electron chi connectivity index (χ0n) is 7.63. The number of hydrogen-bond donors (Lipinski definition) is 1. The number of primary amides is 1. The number of methoxy groups -OCH3 is 1. The Labute approximate surface area is 76.7 Å². The smallest absolute Gasteiger partial charge is 0.325 e. The van der Waals surface area contributed by atoms with E-state index in [1.807, 2.05) is 0 Å². The molecule has 1 saturated carbocycles. The molecule has 0 saturated heterocycles. The predicted octanol–water partition coefficient (Wildman–Crippen LogP) is 0.371. The Hall–Kier alpha value is -1.32. The summed E-state index contributed by atoms with van der Waals surface area (Å²) in [6.07, 6.45) is 1.85. The van der Waals surface area contributed by atoms with E-state index >= 15 is 0 Å². The van der Waals surface area contributed by atoms with E-state index in [0.29, 0.717) is 18.4 Å². The fourth-order valence-corrected chi connectivity index (χ4v) is 1.78. The Balaban J connectivity index is 3.08. The van der Waals surface area contributed by atoms with Crippen molar-refractivity contribution >= 4 is 11.9 Å². The van der Waals surface area contributed by atoms with Crippen LogP contribution in [0.4, 0.5) is 0 Å². The van der Waals surface area contributed by atoms with Gasteiger partial charge in [-0.3, -0.25) is 9.59 Å². The number of esters is 1. The van der Waals surface area contributed by atoms with Crippen LogP contribution in [-0.4, -0.2) is 19.0 Å². The highest BCUT2D eigenvalue weighted by Gasteiger charge is 2.50. The first-order chi connectivity index (χ1) is 6.05. The van der Waals surface area contributed by atoms with Gasteiger partial charge in [-0.05, 0) is 19.3 Å². The van der Waals surface area contributed by atoms with E-state index in [1.54, 1.807) is 0 Å². The molecule has 0 heterocycles. The fourth-order valence-electron chi connectivity index (χ4n) is 1.78. The summed E-state index contributed by atoms with van der Waals surface area (Å²) in [5, 5.41) is 0. The van der Waals surface area contributed by atoms with Crippen molar-refractivity contribution in [1.29, 1.82) is 0 Å². The van der Waals surface area contributed by atoms with Crippen molar-refractivity contribution in [2.75, 3.05) is 7.11 Å². The summed E-state index contributed by atoms with van der Waals surface area (Å²) < 4.78 is 4.57. The molecule has 1 aliphatic rings. The molecule has 2 N–H and O–H groups in total. The summed E-state index contributed by atoms with van der Waals surface area (Å²) in [5.41, 5.74) is 4.52. The molecule has 0 aliphatic heterocycles. The first-order valence-electron chi connectivity index (χ1n) is 4.12. The Kier molecular flexibility index (Phi) is 2.40. The Bertz CT molecular complexity index is 272. The number of carbonyl (C=O) groups excluding carboxylic acids is 2. The topological polar surface area (TPSA) is 69.4 Å². The van der Waals surface area contributed by atoms with E-state index in [9.17, 15) is 9.59 Å². The van der Waals surface area contributed by atoms with Gasteiger partial charge in [0, 0.05) is 0 Å². The molecular formula is C9H13NO3. The van der Waals surface area contributed by atoms with E-state index in [2.05, 4.69) is 11.3 Å². The molecule has 4 nitrogen and oxygen atoms in total. The number of nitrogens with two attached hydrogens (primary N) is 1. The highest BCUT2D eigenvalue weighted by atomic mass is 16.5.